The van der Waals surface area contributed by atoms with Gasteiger partial charge in [-0.2, -0.15) is 0 Å². The molecule has 1 fully saturated rings. The first-order chi connectivity index (χ1) is 5.77. The summed E-state index contributed by atoms with van der Waals surface area (Å²) >= 11 is 1.72. The minimum Gasteiger partial charge on any atom is -0.371 e. The molecule has 0 spiro atoms. The third-order valence-electron chi connectivity index (χ3n) is 2.56. The Bertz CT molecular complexity index is 272. The lowest BCUT2D eigenvalue weighted by Gasteiger charge is -2.38. The number of hydrogen-bond donors (Lipinski definition) is 0. The summed E-state index contributed by atoms with van der Waals surface area (Å²) in [6.45, 7) is 2.03. The molecule has 0 amide bonds. The molecule has 2 rings (SSSR count). The van der Waals surface area contributed by atoms with Crippen LogP contribution >= 0.6 is 11.3 Å². The highest BCUT2D eigenvalue weighted by Crippen LogP contribution is 2.45. The van der Waals surface area contributed by atoms with Gasteiger partial charge in [-0.1, -0.05) is 0 Å². The van der Waals surface area contributed by atoms with E-state index in [0.717, 1.165) is 23.5 Å². The summed E-state index contributed by atoms with van der Waals surface area (Å²) in [7, 11) is 1.79. The van der Waals surface area contributed by atoms with Gasteiger partial charge in [-0.25, -0.2) is 4.98 Å². The number of ether oxygens (including phenoxy) is 1. The topological polar surface area (TPSA) is 22.1 Å². The van der Waals surface area contributed by atoms with Crippen LogP contribution in [0.25, 0.3) is 0 Å². The van der Waals surface area contributed by atoms with Crippen LogP contribution in [-0.2, 0) is 10.3 Å². The summed E-state index contributed by atoms with van der Waals surface area (Å²) in [5.74, 6) is 0. The van der Waals surface area contributed by atoms with Crippen LogP contribution in [0.2, 0.25) is 0 Å². The third-order valence-corrected chi connectivity index (χ3v) is 3.71. The SMILES string of the molecule is COC1(c2nc(C)cs2)CCC1. The zero-order valence-corrected chi connectivity index (χ0v) is 8.28. The number of hydrogen-bond acceptors (Lipinski definition) is 3. The second kappa shape index (κ2) is 2.82. The molecule has 0 atom stereocenters. The maximum absolute atomic E-state index is 5.52. The van der Waals surface area contributed by atoms with Gasteiger partial charge in [-0.15, -0.1) is 11.3 Å². The van der Waals surface area contributed by atoms with Gasteiger partial charge in [0.05, 0.1) is 0 Å². The van der Waals surface area contributed by atoms with Gasteiger partial charge in [0.25, 0.3) is 0 Å². The maximum atomic E-state index is 5.52. The Kier molecular flexibility index (Phi) is 1.93. The summed E-state index contributed by atoms with van der Waals surface area (Å²) < 4.78 is 5.52. The summed E-state index contributed by atoms with van der Waals surface area (Å²) in [6.07, 6.45) is 3.54. The first kappa shape index (κ1) is 8.20. The zero-order chi connectivity index (χ0) is 8.60. The Hall–Kier alpha value is -0.410. The van der Waals surface area contributed by atoms with Crippen LogP contribution in [0.5, 0.6) is 0 Å². The molecule has 1 saturated carbocycles. The Morgan fingerprint density at radius 3 is 2.67 bits per heavy atom. The summed E-state index contributed by atoms with van der Waals surface area (Å²) in [6, 6.07) is 0. The van der Waals surface area contributed by atoms with Crippen LogP contribution in [0.1, 0.15) is 30.0 Å². The lowest BCUT2D eigenvalue weighted by molar-refractivity contribution is -0.0780. The molecule has 3 heteroatoms. The van der Waals surface area contributed by atoms with E-state index in [1.165, 1.54) is 6.42 Å². The van der Waals surface area contributed by atoms with Gasteiger partial charge in [0.2, 0.25) is 0 Å². The predicted molar refractivity (Wildman–Crippen MR) is 49.4 cm³/mol. The van der Waals surface area contributed by atoms with Gasteiger partial charge in [-0.3, -0.25) is 0 Å². The van der Waals surface area contributed by atoms with Crippen LogP contribution in [-0.4, -0.2) is 12.1 Å². The highest BCUT2D eigenvalue weighted by Gasteiger charge is 2.41. The standard InChI is InChI=1S/C9H13NOS/c1-7-6-12-8(10-7)9(11-2)4-3-5-9/h6H,3-5H2,1-2H3. The number of methoxy groups -OCH3 is 1. The highest BCUT2D eigenvalue weighted by atomic mass is 32.1. The van der Waals surface area contributed by atoms with Gasteiger partial charge in [0.1, 0.15) is 10.6 Å². The molecule has 0 unspecified atom stereocenters. The Morgan fingerprint density at radius 2 is 2.33 bits per heavy atom. The number of nitrogens with zero attached hydrogens (tertiary/aromatic N) is 1. The molecule has 0 aliphatic heterocycles. The number of rotatable bonds is 2. The lowest BCUT2D eigenvalue weighted by Crippen LogP contribution is -2.35. The molecule has 2 nitrogen and oxygen atoms in total. The van der Waals surface area contributed by atoms with Crippen molar-refractivity contribution in [3.8, 4) is 0 Å². The van der Waals surface area contributed by atoms with Crippen molar-refractivity contribution in [2.45, 2.75) is 31.8 Å². The highest BCUT2D eigenvalue weighted by molar-refractivity contribution is 7.09. The molecule has 0 bridgehead atoms. The van der Waals surface area contributed by atoms with E-state index in [1.54, 1.807) is 18.4 Å². The van der Waals surface area contributed by atoms with E-state index in [9.17, 15) is 0 Å². The van der Waals surface area contributed by atoms with Crippen LogP contribution in [0.3, 0.4) is 0 Å². The summed E-state index contributed by atoms with van der Waals surface area (Å²) in [5.41, 5.74) is 1.09. The van der Waals surface area contributed by atoms with Gasteiger partial charge in [-0.05, 0) is 26.2 Å². The second-order valence-electron chi connectivity index (χ2n) is 3.35. The van der Waals surface area contributed by atoms with E-state index in [0.29, 0.717) is 0 Å². The summed E-state index contributed by atoms with van der Waals surface area (Å²) in [4.78, 5) is 4.47. The Balaban J connectivity index is 2.27. The quantitative estimate of drug-likeness (QED) is 0.702. The van der Waals surface area contributed by atoms with Crippen LogP contribution in [0.15, 0.2) is 5.38 Å². The predicted octanol–water partition coefficient (Wildman–Crippen LogP) is 2.48. The molecule has 0 N–H and O–H groups in total. The Morgan fingerprint density at radius 1 is 1.58 bits per heavy atom. The van der Waals surface area contributed by atoms with Gasteiger partial charge in [0.15, 0.2) is 0 Å². The lowest BCUT2D eigenvalue weighted by atomic mass is 9.80. The molecule has 1 aromatic rings. The first-order valence-electron chi connectivity index (χ1n) is 4.25. The van der Waals surface area contributed by atoms with E-state index in [2.05, 4.69) is 10.4 Å². The minimum absolute atomic E-state index is 0.0150. The van der Waals surface area contributed by atoms with Crippen molar-refractivity contribution in [1.29, 1.82) is 0 Å². The van der Waals surface area contributed by atoms with Crippen molar-refractivity contribution in [3.63, 3.8) is 0 Å². The van der Waals surface area contributed by atoms with E-state index < -0.39 is 0 Å². The molecular weight excluding hydrogens is 170 g/mol. The number of aromatic nitrogens is 1. The van der Waals surface area contributed by atoms with Crippen LogP contribution in [0.4, 0.5) is 0 Å². The smallest absolute Gasteiger partial charge is 0.125 e. The zero-order valence-electron chi connectivity index (χ0n) is 7.46. The second-order valence-corrected chi connectivity index (χ2v) is 4.20. The maximum Gasteiger partial charge on any atom is 0.125 e. The largest absolute Gasteiger partial charge is 0.371 e. The molecule has 1 aliphatic carbocycles. The van der Waals surface area contributed by atoms with Crippen molar-refractivity contribution in [2.75, 3.05) is 7.11 Å². The summed E-state index contributed by atoms with van der Waals surface area (Å²) in [5, 5.41) is 3.25. The normalized spacial score (nSPS) is 20.5. The molecule has 1 aliphatic rings. The van der Waals surface area contributed by atoms with E-state index in [1.807, 2.05) is 6.92 Å². The van der Waals surface area contributed by atoms with Gasteiger partial charge < -0.3 is 4.74 Å². The monoisotopic (exact) mass is 183 g/mol. The molecule has 0 aromatic carbocycles. The molecule has 1 heterocycles. The van der Waals surface area contributed by atoms with E-state index in [-0.39, 0.29) is 5.60 Å². The van der Waals surface area contributed by atoms with Crippen LogP contribution < -0.4 is 0 Å². The molecule has 0 saturated heterocycles. The van der Waals surface area contributed by atoms with Crippen LogP contribution in [0, 0.1) is 6.92 Å². The van der Waals surface area contributed by atoms with Crippen molar-refractivity contribution < 1.29 is 4.74 Å². The molecule has 66 valence electrons. The third kappa shape index (κ3) is 1.08. The molecule has 1 aromatic heterocycles. The van der Waals surface area contributed by atoms with Crippen molar-refractivity contribution in [1.82, 2.24) is 4.98 Å². The van der Waals surface area contributed by atoms with E-state index in [4.69, 9.17) is 4.74 Å². The van der Waals surface area contributed by atoms with Crippen molar-refractivity contribution in [2.24, 2.45) is 0 Å². The number of thiazole rings is 1. The molecule has 0 radical (unpaired) electrons. The fourth-order valence-corrected chi connectivity index (χ4v) is 2.60. The van der Waals surface area contributed by atoms with Gasteiger partial charge in [0, 0.05) is 18.2 Å². The van der Waals surface area contributed by atoms with Gasteiger partial charge >= 0.3 is 0 Å². The first-order valence-corrected chi connectivity index (χ1v) is 5.12. The fourth-order valence-electron chi connectivity index (χ4n) is 1.57. The van der Waals surface area contributed by atoms with Crippen molar-refractivity contribution in [3.05, 3.63) is 16.1 Å². The van der Waals surface area contributed by atoms with E-state index >= 15 is 0 Å². The molecule has 12 heavy (non-hydrogen) atoms. The average Bonchev–Trinajstić information content (AvgIpc) is 2.35. The average molecular weight is 183 g/mol. The molecular formula is C9H13NOS. The minimum atomic E-state index is -0.0150. The fraction of sp³-hybridized carbons (Fsp3) is 0.667. The Labute approximate surface area is 76.6 Å². The van der Waals surface area contributed by atoms with Crippen molar-refractivity contribution >= 4 is 11.3 Å². The number of aryl methyl sites for hydroxylation is 1.